The molecule has 1 aliphatic carbocycles. The molecule has 1 amide bonds. The van der Waals surface area contributed by atoms with Crippen molar-refractivity contribution in [1.82, 2.24) is 5.32 Å². The molecule has 0 radical (unpaired) electrons. The molecule has 0 aromatic heterocycles. The monoisotopic (exact) mass is 431 g/mol. The van der Waals surface area contributed by atoms with Crippen molar-refractivity contribution < 1.29 is 28.8 Å². The zero-order chi connectivity index (χ0) is 21.8. The number of benzene rings is 1. The summed E-state index contributed by atoms with van der Waals surface area (Å²) in [6.45, 7) is 6.84. The smallest absolute Gasteiger partial charge is 0.251 e. The van der Waals surface area contributed by atoms with Crippen molar-refractivity contribution in [2.45, 2.75) is 77.0 Å². The van der Waals surface area contributed by atoms with Gasteiger partial charge in [-0.05, 0) is 55.7 Å². The van der Waals surface area contributed by atoms with Crippen LogP contribution in [-0.4, -0.2) is 36.9 Å². The van der Waals surface area contributed by atoms with Crippen LogP contribution in [0.25, 0.3) is 0 Å². The number of amides is 1. The van der Waals surface area contributed by atoms with Crippen molar-refractivity contribution in [3.8, 4) is 0 Å². The quantitative estimate of drug-likeness (QED) is 0.732. The molecule has 7 heteroatoms. The molecule has 4 heterocycles. The third-order valence-electron chi connectivity index (χ3n) is 7.95. The molecule has 31 heavy (non-hydrogen) atoms. The highest BCUT2D eigenvalue weighted by molar-refractivity contribution is 5.93. The lowest BCUT2D eigenvalue weighted by atomic mass is 9.58. The van der Waals surface area contributed by atoms with E-state index in [9.17, 15) is 4.79 Å². The molecule has 1 spiro atoms. The molecule has 4 aliphatic heterocycles. The van der Waals surface area contributed by atoms with Crippen molar-refractivity contribution in [2.75, 3.05) is 7.05 Å². The Hall–Kier alpha value is -1.51. The van der Waals surface area contributed by atoms with Gasteiger partial charge in [-0.15, -0.1) is 0 Å². The van der Waals surface area contributed by atoms with Gasteiger partial charge in [-0.2, -0.15) is 0 Å². The molecule has 5 aliphatic rings. The highest BCUT2D eigenvalue weighted by Crippen LogP contribution is 2.60. The molecule has 4 saturated heterocycles. The van der Waals surface area contributed by atoms with Crippen LogP contribution in [0.15, 0.2) is 24.3 Å². The summed E-state index contributed by atoms with van der Waals surface area (Å²) in [6, 6.07) is 7.45. The van der Waals surface area contributed by atoms with Gasteiger partial charge in [0.15, 0.2) is 18.2 Å². The maximum absolute atomic E-state index is 11.7. The SMILES string of the molecule is CNC(=O)c1ccc(COC2O[C@@H]3OC4(C)CCC5[C@H](C)CC[C@H]([C@H]2C)[C@]53OO4)cc1. The molecule has 1 N–H and O–H groups in total. The number of carbonyl (C=O) groups excluding carboxylic acids is 1. The summed E-state index contributed by atoms with van der Waals surface area (Å²) in [6.07, 6.45) is 3.14. The number of hydrogen-bond acceptors (Lipinski definition) is 6. The normalized spacial score (nSPS) is 43.7. The number of hydrogen-bond donors (Lipinski definition) is 1. The molecule has 6 rings (SSSR count). The number of nitrogens with one attached hydrogen (secondary N) is 1. The van der Waals surface area contributed by atoms with Gasteiger partial charge >= 0.3 is 0 Å². The van der Waals surface area contributed by atoms with Gasteiger partial charge in [0.2, 0.25) is 5.79 Å². The van der Waals surface area contributed by atoms with Crippen molar-refractivity contribution in [1.29, 1.82) is 0 Å². The fourth-order valence-corrected chi connectivity index (χ4v) is 6.14. The van der Waals surface area contributed by atoms with Crippen LogP contribution in [0.5, 0.6) is 0 Å². The molecule has 7 nitrogen and oxygen atoms in total. The number of ether oxygens (including phenoxy) is 3. The highest BCUT2D eigenvalue weighted by atomic mass is 17.3. The molecule has 3 unspecified atom stereocenters. The van der Waals surface area contributed by atoms with E-state index in [0.717, 1.165) is 24.8 Å². The van der Waals surface area contributed by atoms with Gasteiger partial charge < -0.3 is 19.5 Å². The van der Waals surface area contributed by atoms with E-state index in [0.29, 0.717) is 24.0 Å². The van der Waals surface area contributed by atoms with Gasteiger partial charge in [0.1, 0.15) is 0 Å². The summed E-state index contributed by atoms with van der Waals surface area (Å²) >= 11 is 0. The lowest BCUT2D eigenvalue weighted by Gasteiger charge is -2.60. The van der Waals surface area contributed by atoms with Crippen LogP contribution in [0.3, 0.4) is 0 Å². The van der Waals surface area contributed by atoms with E-state index in [4.69, 9.17) is 24.0 Å². The minimum Gasteiger partial charge on any atom is -0.355 e. The molecule has 2 bridgehead atoms. The first-order valence-corrected chi connectivity index (χ1v) is 11.5. The first-order chi connectivity index (χ1) is 14.9. The maximum atomic E-state index is 11.7. The summed E-state index contributed by atoms with van der Waals surface area (Å²) in [7, 11) is 1.63. The Balaban J connectivity index is 1.34. The molecule has 1 saturated carbocycles. The Morgan fingerprint density at radius 3 is 2.65 bits per heavy atom. The van der Waals surface area contributed by atoms with Gasteiger partial charge in [-0.3, -0.25) is 4.79 Å². The maximum Gasteiger partial charge on any atom is 0.251 e. The number of fused-ring (bicyclic) bond motifs is 2. The predicted molar refractivity (Wildman–Crippen MR) is 111 cm³/mol. The van der Waals surface area contributed by atoms with Gasteiger partial charge in [0.05, 0.1) is 6.61 Å². The third kappa shape index (κ3) is 3.42. The topological polar surface area (TPSA) is 75.3 Å². The molecule has 1 aromatic carbocycles. The van der Waals surface area contributed by atoms with Crippen molar-refractivity contribution in [3.63, 3.8) is 0 Å². The van der Waals surface area contributed by atoms with E-state index in [1.54, 1.807) is 7.05 Å². The zero-order valence-corrected chi connectivity index (χ0v) is 18.8. The Bertz CT molecular complexity index is 830. The second-order valence-corrected chi connectivity index (χ2v) is 9.86. The van der Waals surface area contributed by atoms with Crippen LogP contribution < -0.4 is 5.32 Å². The Morgan fingerprint density at radius 2 is 1.90 bits per heavy atom. The van der Waals surface area contributed by atoms with Crippen LogP contribution in [0.1, 0.15) is 62.4 Å². The summed E-state index contributed by atoms with van der Waals surface area (Å²) in [5, 5.41) is 2.63. The van der Waals surface area contributed by atoms with Crippen molar-refractivity contribution in [3.05, 3.63) is 35.4 Å². The fraction of sp³-hybridized carbons (Fsp3) is 0.708. The second kappa shape index (κ2) is 7.81. The van der Waals surface area contributed by atoms with E-state index in [1.807, 2.05) is 31.2 Å². The third-order valence-corrected chi connectivity index (χ3v) is 7.95. The Morgan fingerprint density at radius 1 is 1.13 bits per heavy atom. The summed E-state index contributed by atoms with van der Waals surface area (Å²) in [5.74, 6) is 0.402. The van der Waals surface area contributed by atoms with Crippen LogP contribution in [0.2, 0.25) is 0 Å². The molecule has 1 aromatic rings. The molecular weight excluding hydrogens is 398 g/mol. The van der Waals surface area contributed by atoms with E-state index in [-0.39, 0.29) is 24.0 Å². The van der Waals surface area contributed by atoms with Crippen LogP contribution in [0.4, 0.5) is 0 Å². The van der Waals surface area contributed by atoms with E-state index >= 15 is 0 Å². The van der Waals surface area contributed by atoms with Gasteiger partial charge in [0.25, 0.3) is 5.91 Å². The molecular formula is C24H33NO6. The summed E-state index contributed by atoms with van der Waals surface area (Å²) < 4.78 is 19.1. The zero-order valence-electron chi connectivity index (χ0n) is 18.8. The second-order valence-electron chi connectivity index (χ2n) is 9.86. The Labute approximate surface area is 183 Å². The summed E-state index contributed by atoms with van der Waals surface area (Å²) in [5.41, 5.74) is 1.06. The van der Waals surface area contributed by atoms with Crippen LogP contribution >= 0.6 is 0 Å². The molecule has 8 atom stereocenters. The first kappa shape index (κ1) is 21.3. The summed E-state index contributed by atoms with van der Waals surface area (Å²) in [4.78, 5) is 23.8. The average Bonchev–Trinajstić information content (AvgIpc) is 3.01. The van der Waals surface area contributed by atoms with E-state index in [1.165, 1.54) is 6.42 Å². The highest BCUT2D eigenvalue weighted by Gasteiger charge is 2.69. The minimum absolute atomic E-state index is 0.0978. The largest absolute Gasteiger partial charge is 0.355 e. The first-order valence-electron chi connectivity index (χ1n) is 11.5. The van der Waals surface area contributed by atoms with Crippen molar-refractivity contribution in [2.24, 2.45) is 23.7 Å². The van der Waals surface area contributed by atoms with Gasteiger partial charge in [-0.1, -0.05) is 26.0 Å². The van der Waals surface area contributed by atoms with E-state index < -0.39 is 17.7 Å². The Kier molecular flexibility index (Phi) is 5.38. The molecule has 5 fully saturated rings. The number of rotatable bonds is 4. The van der Waals surface area contributed by atoms with Crippen LogP contribution in [0, 0.1) is 23.7 Å². The lowest BCUT2D eigenvalue weighted by Crippen LogP contribution is -2.70. The van der Waals surface area contributed by atoms with Crippen LogP contribution in [-0.2, 0) is 30.6 Å². The number of carbonyl (C=O) groups is 1. The predicted octanol–water partition coefficient (Wildman–Crippen LogP) is 3.77. The van der Waals surface area contributed by atoms with Gasteiger partial charge in [-0.25, -0.2) is 9.78 Å². The standard InChI is InChI=1S/C24H33NO6/c1-14-5-10-19-15(2)21(27-13-16-6-8-17(9-7-16)20(26)25-4)28-22-24(19)18(14)11-12-23(3,29-22)30-31-24/h6-9,14-15,18-19,21-22H,5,10-13H2,1-4H3,(H,25,26)/t14-,15-,18?,19-,21?,22-,23?,24-/m1/s1. The molecule has 170 valence electrons. The average molecular weight is 432 g/mol. The fourth-order valence-electron chi connectivity index (χ4n) is 6.14. The minimum atomic E-state index is -0.779. The van der Waals surface area contributed by atoms with Crippen molar-refractivity contribution >= 4 is 5.91 Å². The van der Waals surface area contributed by atoms with E-state index in [2.05, 4.69) is 19.2 Å². The lowest BCUT2D eigenvalue weighted by molar-refractivity contribution is -0.577. The van der Waals surface area contributed by atoms with Gasteiger partial charge in [0, 0.05) is 30.9 Å².